The van der Waals surface area contributed by atoms with E-state index in [-0.39, 0.29) is 42.2 Å². The summed E-state index contributed by atoms with van der Waals surface area (Å²) in [7, 11) is -3.66. The van der Waals surface area contributed by atoms with Crippen LogP contribution in [0.15, 0.2) is 0 Å². The second kappa shape index (κ2) is 6.00. The van der Waals surface area contributed by atoms with E-state index >= 15 is 0 Å². The molecule has 0 rings (SSSR count). The molecule has 6 heteroatoms. The molecule has 0 saturated carbocycles. The van der Waals surface area contributed by atoms with Crippen molar-refractivity contribution < 1.29 is 49.4 Å². The molecule has 0 aliphatic carbocycles. The summed E-state index contributed by atoms with van der Waals surface area (Å²) in [6.45, 7) is 1.37. The molecule has 0 amide bonds. The summed E-state index contributed by atoms with van der Waals surface area (Å²) in [6, 6.07) is 0. The second-order valence-electron chi connectivity index (χ2n) is 0.871. The smallest absolute Gasteiger partial charge is 1.00 e. The molecule has 0 fully saturated rings. The van der Waals surface area contributed by atoms with E-state index in [4.69, 9.17) is 4.55 Å². The molecule has 3 N–H and O–H groups in total. The molecule has 0 aromatic carbocycles. The maximum Gasteiger partial charge on any atom is 1.00 e. The fraction of sp³-hybridized carbons (Fsp3) is 1.00. The van der Waals surface area contributed by atoms with Gasteiger partial charge in [-0.25, -0.2) is 0 Å². The zero-order chi connectivity index (χ0) is 5.21. The number of rotatable bonds is 1. The van der Waals surface area contributed by atoms with E-state index in [1.54, 1.807) is 0 Å². The molecule has 0 atom stereocenters. The van der Waals surface area contributed by atoms with Crippen LogP contribution in [0, 0.1) is 0 Å². The molecule has 48 valence electrons. The van der Waals surface area contributed by atoms with Crippen molar-refractivity contribution in [2.45, 2.75) is 6.92 Å². The number of hydrogen-bond acceptors (Lipinski definition) is 2. The Bertz CT molecular complexity index is 121. The molecule has 0 aliphatic rings. The molecule has 0 aromatic rings. The van der Waals surface area contributed by atoms with Crippen molar-refractivity contribution in [2.75, 3.05) is 5.75 Å². The van der Waals surface area contributed by atoms with Gasteiger partial charge in [-0.05, 0) is 6.92 Å². The predicted octanol–water partition coefficient (Wildman–Crippen LogP) is -3.81. The average Bonchev–Trinajstić information content (AvgIpc) is 1.35. The summed E-state index contributed by atoms with van der Waals surface area (Å²) < 4.78 is 26.9. The first-order valence-corrected chi connectivity index (χ1v) is 3.12. The van der Waals surface area contributed by atoms with Crippen molar-refractivity contribution in [3.8, 4) is 0 Å². The second-order valence-corrected chi connectivity index (χ2v) is 2.61. The van der Waals surface area contributed by atoms with Gasteiger partial charge in [-0.2, -0.15) is 8.42 Å². The molecule has 0 unspecified atom stereocenters. The third-order valence-corrected chi connectivity index (χ3v) is 1.09. The van der Waals surface area contributed by atoms with Crippen molar-refractivity contribution in [3.63, 3.8) is 0 Å². The Balaban J connectivity index is -0.0000000417. The monoisotopic (exact) mass is 152 g/mol. The van der Waals surface area contributed by atoms with Gasteiger partial charge in [-0.15, -0.1) is 0 Å². The van der Waals surface area contributed by atoms with Crippen molar-refractivity contribution in [1.82, 2.24) is 0 Å². The third-order valence-electron chi connectivity index (χ3n) is 0.365. The third kappa shape index (κ3) is 15.8. The Labute approximate surface area is 72.1 Å². The SMILES string of the molecule is CCS(=O)(=O)O.O.[H-].[Na+]. The van der Waals surface area contributed by atoms with Gasteiger partial charge in [0.05, 0.1) is 5.75 Å². The molecule has 0 bridgehead atoms. The Morgan fingerprint density at radius 2 is 1.75 bits per heavy atom. The van der Waals surface area contributed by atoms with Crippen LogP contribution < -0.4 is 29.6 Å². The van der Waals surface area contributed by atoms with Gasteiger partial charge in [-0.3, -0.25) is 4.55 Å². The average molecular weight is 152 g/mol. The van der Waals surface area contributed by atoms with Crippen LogP contribution in [0.4, 0.5) is 0 Å². The minimum atomic E-state index is -3.66. The molecular weight excluding hydrogens is 143 g/mol. The van der Waals surface area contributed by atoms with Crippen LogP contribution in [0.25, 0.3) is 0 Å². The fourth-order valence-corrected chi connectivity index (χ4v) is 0. The summed E-state index contributed by atoms with van der Waals surface area (Å²) >= 11 is 0. The summed E-state index contributed by atoms with van der Waals surface area (Å²) in [5.41, 5.74) is 0. The van der Waals surface area contributed by atoms with Crippen LogP contribution in [-0.2, 0) is 10.1 Å². The van der Waals surface area contributed by atoms with Crippen LogP contribution in [0.2, 0.25) is 0 Å². The summed E-state index contributed by atoms with van der Waals surface area (Å²) in [4.78, 5) is 0. The van der Waals surface area contributed by atoms with Crippen molar-refractivity contribution in [3.05, 3.63) is 0 Å². The molecular formula is C2H9NaO4S. The number of hydrogen-bond donors (Lipinski definition) is 1. The minimum absolute atomic E-state index is 0. The van der Waals surface area contributed by atoms with Crippen LogP contribution >= 0.6 is 0 Å². The van der Waals surface area contributed by atoms with Gasteiger partial charge in [0.2, 0.25) is 0 Å². The van der Waals surface area contributed by atoms with E-state index in [1.165, 1.54) is 6.92 Å². The first-order chi connectivity index (χ1) is 2.56. The summed E-state index contributed by atoms with van der Waals surface area (Å²) in [5.74, 6) is -0.201. The van der Waals surface area contributed by atoms with Crippen molar-refractivity contribution in [1.29, 1.82) is 0 Å². The molecule has 0 saturated heterocycles. The minimum Gasteiger partial charge on any atom is -1.00 e. The first kappa shape index (κ1) is 15.9. The van der Waals surface area contributed by atoms with E-state index in [9.17, 15) is 8.42 Å². The van der Waals surface area contributed by atoms with E-state index in [0.29, 0.717) is 0 Å². The van der Waals surface area contributed by atoms with E-state index < -0.39 is 10.1 Å². The van der Waals surface area contributed by atoms with Gasteiger partial charge in [-0.1, -0.05) is 0 Å². The zero-order valence-electron chi connectivity index (χ0n) is 5.88. The van der Waals surface area contributed by atoms with Crippen molar-refractivity contribution >= 4 is 10.1 Å². The molecule has 0 radical (unpaired) electrons. The van der Waals surface area contributed by atoms with Gasteiger partial charge in [0.15, 0.2) is 0 Å². The Hall–Kier alpha value is 0.870. The van der Waals surface area contributed by atoms with E-state index in [0.717, 1.165) is 0 Å². The normalized spacial score (nSPS) is 8.75. The fourth-order valence-electron chi connectivity index (χ4n) is 0. The van der Waals surface area contributed by atoms with Gasteiger partial charge >= 0.3 is 29.6 Å². The Morgan fingerprint density at radius 1 is 1.62 bits per heavy atom. The van der Waals surface area contributed by atoms with Gasteiger partial charge in [0.1, 0.15) is 0 Å². The zero-order valence-corrected chi connectivity index (χ0v) is 7.70. The molecule has 0 heterocycles. The summed E-state index contributed by atoms with van der Waals surface area (Å²) in [6.07, 6.45) is 0. The first-order valence-electron chi connectivity index (χ1n) is 1.51. The maximum atomic E-state index is 9.56. The molecule has 0 aliphatic heterocycles. The Morgan fingerprint density at radius 3 is 1.75 bits per heavy atom. The quantitative estimate of drug-likeness (QED) is 0.308. The van der Waals surface area contributed by atoms with Crippen LogP contribution in [0.5, 0.6) is 0 Å². The van der Waals surface area contributed by atoms with Crippen LogP contribution in [0.3, 0.4) is 0 Å². The predicted molar refractivity (Wildman–Crippen MR) is 26.8 cm³/mol. The van der Waals surface area contributed by atoms with Crippen molar-refractivity contribution in [2.24, 2.45) is 0 Å². The molecule has 0 spiro atoms. The maximum absolute atomic E-state index is 9.56. The molecule has 4 nitrogen and oxygen atoms in total. The molecule has 8 heavy (non-hydrogen) atoms. The standard InChI is InChI=1S/C2H6O3S.Na.H2O.H/c1-2-6(3,4)5;;;/h2H2,1H3,(H,3,4,5);;1H2;/q;+1;;-1. The summed E-state index contributed by atoms with van der Waals surface area (Å²) in [5, 5.41) is 0. The van der Waals surface area contributed by atoms with E-state index in [2.05, 4.69) is 0 Å². The largest absolute Gasteiger partial charge is 1.00 e. The van der Waals surface area contributed by atoms with Gasteiger partial charge < -0.3 is 6.90 Å². The van der Waals surface area contributed by atoms with Crippen LogP contribution in [0.1, 0.15) is 8.35 Å². The molecule has 0 aromatic heterocycles. The van der Waals surface area contributed by atoms with Gasteiger partial charge in [0, 0.05) is 0 Å². The topological polar surface area (TPSA) is 85.9 Å². The van der Waals surface area contributed by atoms with Gasteiger partial charge in [0.25, 0.3) is 10.1 Å². The Kier molecular flexibility index (Phi) is 12.0. The van der Waals surface area contributed by atoms with E-state index in [1.807, 2.05) is 0 Å². The van der Waals surface area contributed by atoms with Crippen LogP contribution in [-0.4, -0.2) is 24.2 Å².